The number of rotatable bonds is 6. The maximum atomic E-state index is 11.8. The van der Waals surface area contributed by atoms with Gasteiger partial charge in [-0.3, -0.25) is 9.78 Å². The summed E-state index contributed by atoms with van der Waals surface area (Å²) in [4.78, 5) is 16.0. The average Bonchev–Trinajstić information content (AvgIpc) is 2.58. The number of nitrogens with zero attached hydrogens (tertiary/aromatic N) is 1. The second kappa shape index (κ2) is 7.83. The highest BCUT2D eigenvalue weighted by Crippen LogP contribution is 2.25. The van der Waals surface area contributed by atoms with Crippen LogP contribution in [0.25, 0.3) is 6.08 Å². The second-order valence-electron chi connectivity index (χ2n) is 4.48. The lowest BCUT2D eigenvalue weighted by Crippen LogP contribution is -2.20. The van der Waals surface area contributed by atoms with Gasteiger partial charge >= 0.3 is 0 Å². The average molecular weight is 298 g/mol. The molecule has 22 heavy (non-hydrogen) atoms. The van der Waals surface area contributed by atoms with Crippen LogP contribution in [0.15, 0.2) is 48.7 Å². The van der Waals surface area contributed by atoms with E-state index in [-0.39, 0.29) is 5.91 Å². The van der Waals surface area contributed by atoms with E-state index in [1.807, 2.05) is 30.3 Å². The van der Waals surface area contributed by atoms with Crippen molar-refractivity contribution in [3.8, 4) is 11.5 Å². The number of aromatic nitrogens is 1. The number of carbonyl (C=O) groups is 1. The van der Waals surface area contributed by atoms with E-state index in [9.17, 15) is 4.79 Å². The SMILES string of the molecule is COc1ccc(C=CC(=O)NCc2ccccn2)c(OC)c1. The summed E-state index contributed by atoms with van der Waals surface area (Å²) in [6, 6.07) is 11.0. The van der Waals surface area contributed by atoms with Crippen LogP contribution in [0.5, 0.6) is 11.5 Å². The Kier molecular flexibility index (Phi) is 5.54. The topological polar surface area (TPSA) is 60.5 Å². The fourth-order valence-electron chi connectivity index (χ4n) is 1.86. The molecule has 0 saturated heterocycles. The van der Waals surface area contributed by atoms with Gasteiger partial charge in [0.15, 0.2) is 0 Å². The summed E-state index contributed by atoms with van der Waals surface area (Å²) >= 11 is 0. The van der Waals surface area contributed by atoms with Crippen LogP contribution in [0.1, 0.15) is 11.3 Å². The van der Waals surface area contributed by atoms with E-state index in [1.54, 1.807) is 32.6 Å². The van der Waals surface area contributed by atoms with E-state index >= 15 is 0 Å². The molecule has 1 amide bonds. The zero-order valence-electron chi connectivity index (χ0n) is 12.6. The van der Waals surface area contributed by atoms with Crippen LogP contribution in [0.2, 0.25) is 0 Å². The minimum atomic E-state index is -0.191. The number of pyridine rings is 1. The van der Waals surface area contributed by atoms with Gasteiger partial charge in [0.1, 0.15) is 11.5 Å². The molecule has 1 aromatic heterocycles. The van der Waals surface area contributed by atoms with E-state index in [1.165, 1.54) is 6.08 Å². The van der Waals surface area contributed by atoms with Gasteiger partial charge in [-0.05, 0) is 30.3 Å². The van der Waals surface area contributed by atoms with Crippen molar-refractivity contribution in [1.82, 2.24) is 10.3 Å². The molecule has 0 saturated carbocycles. The van der Waals surface area contributed by atoms with Gasteiger partial charge in [0.2, 0.25) is 5.91 Å². The highest BCUT2D eigenvalue weighted by atomic mass is 16.5. The Morgan fingerprint density at radius 2 is 2.09 bits per heavy atom. The number of nitrogens with one attached hydrogen (secondary N) is 1. The van der Waals surface area contributed by atoms with Gasteiger partial charge < -0.3 is 14.8 Å². The van der Waals surface area contributed by atoms with Crippen molar-refractivity contribution in [2.75, 3.05) is 14.2 Å². The van der Waals surface area contributed by atoms with Crippen LogP contribution in [-0.2, 0) is 11.3 Å². The molecule has 1 N–H and O–H groups in total. The van der Waals surface area contributed by atoms with Crippen molar-refractivity contribution in [2.24, 2.45) is 0 Å². The normalized spacial score (nSPS) is 10.5. The molecule has 0 bridgehead atoms. The maximum absolute atomic E-state index is 11.8. The standard InChI is InChI=1S/C17H18N2O3/c1-21-15-8-6-13(16(11-15)22-2)7-9-17(20)19-12-14-5-3-4-10-18-14/h3-11H,12H2,1-2H3,(H,19,20). The molecule has 0 spiro atoms. The molecule has 1 aromatic carbocycles. The molecule has 0 radical (unpaired) electrons. The first-order valence-electron chi connectivity index (χ1n) is 6.81. The number of carbonyl (C=O) groups excluding carboxylic acids is 1. The number of benzene rings is 1. The van der Waals surface area contributed by atoms with E-state index in [4.69, 9.17) is 9.47 Å². The van der Waals surface area contributed by atoms with E-state index in [0.29, 0.717) is 18.0 Å². The lowest BCUT2D eigenvalue weighted by Gasteiger charge is -2.07. The molecule has 1 heterocycles. The quantitative estimate of drug-likeness (QED) is 0.832. The molecule has 5 nitrogen and oxygen atoms in total. The summed E-state index contributed by atoms with van der Waals surface area (Å²) in [5, 5.41) is 2.78. The summed E-state index contributed by atoms with van der Waals surface area (Å²) in [6.45, 7) is 0.393. The van der Waals surface area contributed by atoms with Crippen molar-refractivity contribution < 1.29 is 14.3 Å². The fraction of sp³-hybridized carbons (Fsp3) is 0.176. The summed E-state index contributed by atoms with van der Waals surface area (Å²) in [6.07, 6.45) is 4.86. The van der Waals surface area contributed by atoms with Gasteiger partial charge in [0, 0.05) is 23.9 Å². The number of amides is 1. The molecular formula is C17H18N2O3. The summed E-state index contributed by atoms with van der Waals surface area (Å²) < 4.78 is 10.4. The number of hydrogen-bond donors (Lipinski definition) is 1. The van der Waals surface area contributed by atoms with Crippen LogP contribution >= 0.6 is 0 Å². The first kappa shape index (κ1) is 15.6. The third-order valence-corrected chi connectivity index (χ3v) is 3.02. The number of ether oxygens (including phenoxy) is 2. The second-order valence-corrected chi connectivity index (χ2v) is 4.48. The third-order valence-electron chi connectivity index (χ3n) is 3.02. The Bertz CT molecular complexity index is 654. The smallest absolute Gasteiger partial charge is 0.244 e. The third kappa shape index (κ3) is 4.34. The van der Waals surface area contributed by atoms with Crippen molar-refractivity contribution in [2.45, 2.75) is 6.54 Å². The zero-order valence-corrected chi connectivity index (χ0v) is 12.6. The lowest BCUT2D eigenvalue weighted by molar-refractivity contribution is -0.116. The Morgan fingerprint density at radius 3 is 2.77 bits per heavy atom. The van der Waals surface area contributed by atoms with Crippen molar-refractivity contribution in [3.63, 3.8) is 0 Å². The van der Waals surface area contributed by atoms with Gasteiger partial charge in [-0.15, -0.1) is 0 Å². The predicted octanol–water partition coefficient (Wildman–Crippen LogP) is 2.43. The zero-order chi connectivity index (χ0) is 15.8. The summed E-state index contributed by atoms with van der Waals surface area (Å²) in [5.41, 5.74) is 1.61. The molecule has 0 atom stereocenters. The number of methoxy groups -OCH3 is 2. The first-order chi connectivity index (χ1) is 10.7. The predicted molar refractivity (Wildman–Crippen MR) is 84.7 cm³/mol. The van der Waals surface area contributed by atoms with Gasteiger partial charge in [0.05, 0.1) is 26.5 Å². The van der Waals surface area contributed by atoms with E-state index < -0.39 is 0 Å². The molecule has 0 aliphatic heterocycles. The molecule has 0 aliphatic rings. The van der Waals surface area contributed by atoms with Crippen LogP contribution in [-0.4, -0.2) is 25.1 Å². The number of hydrogen-bond acceptors (Lipinski definition) is 4. The molecule has 0 fully saturated rings. The minimum Gasteiger partial charge on any atom is -0.497 e. The van der Waals surface area contributed by atoms with E-state index in [2.05, 4.69) is 10.3 Å². The molecule has 2 rings (SSSR count). The van der Waals surface area contributed by atoms with Crippen LogP contribution in [0, 0.1) is 0 Å². The van der Waals surface area contributed by atoms with Crippen molar-refractivity contribution >= 4 is 12.0 Å². The Labute approximate surface area is 129 Å². The van der Waals surface area contributed by atoms with Gasteiger partial charge in [-0.25, -0.2) is 0 Å². The monoisotopic (exact) mass is 298 g/mol. The van der Waals surface area contributed by atoms with Gasteiger partial charge in [-0.2, -0.15) is 0 Å². The van der Waals surface area contributed by atoms with E-state index in [0.717, 1.165) is 11.3 Å². The van der Waals surface area contributed by atoms with Gasteiger partial charge in [-0.1, -0.05) is 6.07 Å². The fourth-order valence-corrected chi connectivity index (χ4v) is 1.86. The van der Waals surface area contributed by atoms with Crippen molar-refractivity contribution in [1.29, 1.82) is 0 Å². The molecule has 5 heteroatoms. The van der Waals surface area contributed by atoms with Crippen LogP contribution in [0.4, 0.5) is 0 Å². The minimum absolute atomic E-state index is 0.191. The highest BCUT2D eigenvalue weighted by molar-refractivity contribution is 5.92. The largest absolute Gasteiger partial charge is 0.497 e. The Morgan fingerprint density at radius 1 is 1.23 bits per heavy atom. The molecule has 114 valence electrons. The molecule has 2 aromatic rings. The lowest BCUT2D eigenvalue weighted by atomic mass is 10.1. The Hall–Kier alpha value is -2.82. The van der Waals surface area contributed by atoms with Crippen LogP contribution < -0.4 is 14.8 Å². The maximum Gasteiger partial charge on any atom is 0.244 e. The van der Waals surface area contributed by atoms with Crippen LogP contribution in [0.3, 0.4) is 0 Å². The highest BCUT2D eigenvalue weighted by Gasteiger charge is 2.03. The molecule has 0 unspecified atom stereocenters. The molecular weight excluding hydrogens is 280 g/mol. The summed E-state index contributed by atoms with van der Waals surface area (Å²) in [5.74, 6) is 1.16. The summed E-state index contributed by atoms with van der Waals surface area (Å²) in [7, 11) is 3.17. The van der Waals surface area contributed by atoms with Gasteiger partial charge in [0.25, 0.3) is 0 Å². The van der Waals surface area contributed by atoms with Crippen molar-refractivity contribution in [3.05, 3.63) is 59.9 Å². The Balaban J connectivity index is 1.97. The first-order valence-corrected chi connectivity index (χ1v) is 6.81. The molecule has 0 aliphatic carbocycles.